The number of benzene rings is 1. The third-order valence-electron chi connectivity index (χ3n) is 4.42. The molecule has 0 bridgehead atoms. The monoisotopic (exact) mass is 290 g/mol. The molecule has 21 heavy (non-hydrogen) atoms. The van der Waals surface area contributed by atoms with Crippen molar-refractivity contribution in [2.75, 3.05) is 7.11 Å². The number of ether oxygens (including phenoxy) is 1. The van der Waals surface area contributed by atoms with Crippen LogP contribution in [0.4, 0.5) is 4.39 Å². The SMILES string of the molecule is COC(=O)C1CCC(Cn2ncc3cc(F)ccc32)CC1. The van der Waals surface area contributed by atoms with Gasteiger partial charge in [-0.2, -0.15) is 5.10 Å². The summed E-state index contributed by atoms with van der Waals surface area (Å²) in [6, 6.07) is 4.75. The quantitative estimate of drug-likeness (QED) is 0.816. The molecule has 5 heteroatoms. The summed E-state index contributed by atoms with van der Waals surface area (Å²) in [5, 5.41) is 5.19. The predicted octanol–water partition coefficient (Wildman–Crippen LogP) is 3.15. The largest absolute Gasteiger partial charge is 0.469 e. The van der Waals surface area contributed by atoms with Crippen LogP contribution in [-0.4, -0.2) is 22.9 Å². The maximum atomic E-state index is 13.2. The van der Waals surface area contributed by atoms with E-state index < -0.39 is 0 Å². The van der Waals surface area contributed by atoms with Crippen LogP contribution in [0.2, 0.25) is 0 Å². The van der Waals surface area contributed by atoms with E-state index in [1.165, 1.54) is 19.2 Å². The van der Waals surface area contributed by atoms with Gasteiger partial charge in [0, 0.05) is 11.9 Å². The Balaban J connectivity index is 1.66. The number of aromatic nitrogens is 2. The number of carbonyl (C=O) groups excluding carboxylic acids is 1. The zero-order valence-electron chi connectivity index (χ0n) is 12.1. The van der Waals surface area contributed by atoms with E-state index in [0.717, 1.165) is 43.1 Å². The number of carbonyl (C=O) groups is 1. The summed E-state index contributed by atoms with van der Waals surface area (Å²) in [7, 11) is 1.45. The normalized spacial score (nSPS) is 22.4. The van der Waals surface area contributed by atoms with Crippen molar-refractivity contribution in [2.45, 2.75) is 32.2 Å². The van der Waals surface area contributed by atoms with E-state index in [1.54, 1.807) is 12.3 Å². The number of methoxy groups -OCH3 is 1. The number of hydrogen-bond acceptors (Lipinski definition) is 3. The van der Waals surface area contributed by atoms with Crippen LogP contribution in [0.3, 0.4) is 0 Å². The Hall–Kier alpha value is -1.91. The number of rotatable bonds is 3. The lowest BCUT2D eigenvalue weighted by Gasteiger charge is -2.26. The van der Waals surface area contributed by atoms with Gasteiger partial charge in [0.25, 0.3) is 0 Å². The molecule has 1 aromatic carbocycles. The molecular formula is C16H19FN2O2. The molecule has 2 aromatic rings. The van der Waals surface area contributed by atoms with Crippen LogP contribution in [0.25, 0.3) is 10.9 Å². The van der Waals surface area contributed by atoms with Crippen molar-refractivity contribution in [3.63, 3.8) is 0 Å². The van der Waals surface area contributed by atoms with Crippen LogP contribution in [0.5, 0.6) is 0 Å². The molecule has 1 aliphatic carbocycles. The molecule has 0 radical (unpaired) electrons. The van der Waals surface area contributed by atoms with Gasteiger partial charge in [0.1, 0.15) is 5.82 Å². The topological polar surface area (TPSA) is 44.1 Å². The van der Waals surface area contributed by atoms with Crippen molar-refractivity contribution in [2.24, 2.45) is 11.8 Å². The average Bonchev–Trinajstić information content (AvgIpc) is 2.89. The highest BCUT2D eigenvalue weighted by atomic mass is 19.1. The molecule has 1 aliphatic rings. The molecule has 1 saturated carbocycles. The molecule has 0 saturated heterocycles. The first kappa shape index (κ1) is 14.0. The first-order chi connectivity index (χ1) is 10.2. The molecule has 4 nitrogen and oxygen atoms in total. The van der Waals surface area contributed by atoms with Gasteiger partial charge in [-0.1, -0.05) is 0 Å². The van der Waals surface area contributed by atoms with E-state index in [2.05, 4.69) is 5.10 Å². The fraction of sp³-hybridized carbons (Fsp3) is 0.500. The molecule has 0 spiro atoms. The van der Waals surface area contributed by atoms with E-state index in [1.807, 2.05) is 4.68 Å². The third kappa shape index (κ3) is 2.91. The van der Waals surface area contributed by atoms with Crippen LogP contribution in [0.15, 0.2) is 24.4 Å². The molecule has 0 atom stereocenters. The number of esters is 1. The lowest BCUT2D eigenvalue weighted by atomic mass is 9.82. The number of fused-ring (bicyclic) bond motifs is 1. The minimum absolute atomic E-state index is 0.0507. The fourth-order valence-electron chi connectivity index (χ4n) is 3.20. The molecule has 0 N–H and O–H groups in total. The predicted molar refractivity (Wildman–Crippen MR) is 77.2 cm³/mol. The minimum atomic E-state index is -0.236. The lowest BCUT2D eigenvalue weighted by Crippen LogP contribution is -2.25. The zero-order chi connectivity index (χ0) is 14.8. The van der Waals surface area contributed by atoms with Gasteiger partial charge >= 0.3 is 5.97 Å². The first-order valence-electron chi connectivity index (χ1n) is 7.36. The highest BCUT2D eigenvalue weighted by Gasteiger charge is 2.27. The summed E-state index contributed by atoms with van der Waals surface area (Å²) in [5.41, 5.74) is 0.964. The number of halogens is 1. The first-order valence-corrected chi connectivity index (χ1v) is 7.36. The average molecular weight is 290 g/mol. The van der Waals surface area contributed by atoms with Gasteiger partial charge in [0.2, 0.25) is 0 Å². The molecule has 1 heterocycles. The summed E-state index contributed by atoms with van der Waals surface area (Å²) in [5.74, 6) is 0.239. The highest BCUT2D eigenvalue weighted by molar-refractivity contribution is 5.78. The van der Waals surface area contributed by atoms with Gasteiger partial charge in [-0.05, 0) is 49.8 Å². The Morgan fingerprint density at radius 2 is 2.14 bits per heavy atom. The lowest BCUT2D eigenvalue weighted by molar-refractivity contribution is -0.146. The zero-order valence-corrected chi connectivity index (χ0v) is 12.1. The summed E-state index contributed by atoms with van der Waals surface area (Å²) in [6.45, 7) is 0.822. The van der Waals surface area contributed by atoms with Crippen LogP contribution >= 0.6 is 0 Å². The molecule has 0 aliphatic heterocycles. The van der Waals surface area contributed by atoms with Gasteiger partial charge in [-0.3, -0.25) is 9.48 Å². The Kier molecular flexibility index (Phi) is 3.90. The standard InChI is InChI=1S/C16H19FN2O2/c1-21-16(20)12-4-2-11(3-5-12)10-19-15-7-6-14(17)8-13(15)9-18-19/h6-9,11-12H,2-5,10H2,1H3. The van der Waals surface area contributed by atoms with E-state index in [-0.39, 0.29) is 17.7 Å². The Bertz CT molecular complexity index is 645. The van der Waals surface area contributed by atoms with Crippen molar-refractivity contribution in [3.05, 3.63) is 30.2 Å². The molecule has 0 amide bonds. The van der Waals surface area contributed by atoms with Gasteiger partial charge in [-0.25, -0.2) is 4.39 Å². The van der Waals surface area contributed by atoms with Crippen molar-refractivity contribution in [1.29, 1.82) is 0 Å². The second kappa shape index (κ2) is 5.84. The summed E-state index contributed by atoms with van der Waals surface area (Å²) in [6.07, 6.45) is 5.47. The number of hydrogen-bond donors (Lipinski definition) is 0. The molecule has 1 fully saturated rings. The summed E-state index contributed by atoms with van der Waals surface area (Å²) < 4.78 is 19.9. The Morgan fingerprint density at radius 1 is 1.38 bits per heavy atom. The molecule has 112 valence electrons. The van der Waals surface area contributed by atoms with Gasteiger partial charge < -0.3 is 4.74 Å². The fourth-order valence-corrected chi connectivity index (χ4v) is 3.20. The maximum Gasteiger partial charge on any atom is 0.308 e. The Morgan fingerprint density at radius 3 is 2.86 bits per heavy atom. The number of nitrogens with zero attached hydrogens (tertiary/aromatic N) is 2. The molecular weight excluding hydrogens is 271 g/mol. The second-order valence-electron chi connectivity index (χ2n) is 5.77. The second-order valence-corrected chi connectivity index (χ2v) is 5.77. The van der Waals surface area contributed by atoms with Gasteiger partial charge in [-0.15, -0.1) is 0 Å². The highest BCUT2D eigenvalue weighted by Crippen LogP contribution is 2.31. The van der Waals surface area contributed by atoms with E-state index in [0.29, 0.717) is 5.92 Å². The van der Waals surface area contributed by atoms with Gasteiger partial charge in [0.05, 0.1) is 24.7 Å². The van der Waals surface area contributed by atoms with Crippen LogP contribution < -0.4 is 0 Å². The van der Waals surface area contributed by atoms with Crippen molar-refractivity contribution >= 4 is 16.9 Å². The summed E-state index contributed by atoms with van der Waals surface area (Å²) >= 11 is 0. The van der Waals surface area contributed by atoms with Gasteiger partial charge in [0.15, 0.2) is 0 Å². The maximum absolute atomic E-state index is 13.2. The third-order valence-corrected chi connectivity index (χ3v) is 4.42. The smallest absolute Gasteiger partial charge is 0.308 e. The molecule has 0 unspecified atom stereocenters. The van der Waals surface area contributed by atoms with E-state index in [9.17, 15) is 9.18 Å². The van der Waals surface area contributed by atoms with Crippen LogP contribution in [0, 0.1) is 17.7 Å². The molecule has 3 rings (SSSR count). The minimum Gasteiger partial charge on any atom is -0.469 e. The van der Waals surface area contributed by atoms with Crippen molar-refractivity contribution in [3.8, 4) is 0 Å². The molecule has 1 aromatic heterocycles. The Labute approximate surface area is 122 Å². The van der Waals surface area contributed by atoms with Crippen LogP contribution in [-0.2, 0) is 16.1 Å². The van der Waals surface area contributed by atoms with E-state index >= 15 is 0 Å². The van der Waals surface area contributed by atoms with Crippen molar-refractivity contribution in [1.82, 2.24) is 9.78 Å². The van der Waals surface area contributed by atoms with Crippen molar-refractivity contribution < 1.29 is 13.9 Å². The summed E-state index contributed by atoms with van der Waals surface area (Å²) in [4.78, 5) is 11.5. The van der Waals surface area contributed by atoms with E-state index in [4.69, 9.17) is 4.74 Å². The van der Waals surface area contributed by atoms with Crippen LogP contribution in [0.1, 0.15) is 25.7 Å².